The van der Waals surface area contributed by atoms with Crippen LogP contribution in [0.3, 0.4) is 0 Å². The van der Waals surface area contributed by atoms with E-state index in [0.717, 1.165) is 5.56 Å². The van der Waals surface area contributed by atoms with Gasteiger partial charge in [-0.15, -0.1) is 0 Å². The Morgan fingerprint density at radius 3 is 2.32 bits per heavy atom. The molecule has 0 atom stereocenters. The highest BCUT2D eigenvalue weighted by atomic mass is 16.5. The molecular formula is C23H20O5. The van der Waals surface area contributed by atoms with Gasteiger partial charge in [-0.05, 0) is 42.0 Å². The van der Waals surface area contributed by atoms with Gasteiger partial charge in [0.25, 0.3) is 0 Å². The largest absolute Gasteiger partial charge is 0.507 e. The summed E-state index contributed by atoms with van der Waals surface area (Å²) in [6.45, 7) is 0.394. The molecule has 3 aromatic rings. The Bertz CT molecular complexity index is 993. The summed E-state index contributed by atoms with van der Waals surface area (Å²) in [5.74, 6) is 0.430. The predicted molar refractivity (Wildman–Crippen MR) is 107 cm³/mol. The van der Waals surface area contributed by atoms with E-state index in [1.54, 1.807) is 18.2 Å². The molecule has 0 unspecified atom stereocenters. The van der Waals surface area contributed by atoms with Crippen molar-refractivity contribution < 1.29 is 24.5 Å². The third-order valence-electron chi connectivity index (χ3n) is 4.13. The summed E-state index contributed by atoms with van der Waals surface area (Å²) in [7, 11) is 1.48. The van der Waals surface area contributed by atoms with Gasteiger partial charge in [-0.25, -0.2) is 0 Å². The zero-order valence-corrected chi connectivity index (χ0v) is 15.3. The van der Waals surface area contributed by atoms with Gasteiger partial charge in [0, 0.05) is 17.7 Å². The van der Waals surface area contributed by atoms with Gasteiger partial charge < -0.3 is 19.7 Å². The van der Waals surface area contributed by atoms with Gasteiger partial charge in [0.2, 0.25) is 0 Å². The van der Waals surface area contributed by atoms with Crippen LogP contribution < -0.4 is 9.47 Å². The van der Waals surface area contributed by atoms with Crippen molar-refractivity contribution in [1.29, 1.82) is 0 Å². The number of hydrogen-bond donors (Lipinski definition) is 2. The van der Waals surface area contributed by atoms with Crippen LogP contribution in [0.15, 0.2) is 72.8 Å². The van der Waals surface area contributed by atoms with Crippen LogP contribution in [0.25, 0.3) is 6.08 Å². The summed E-state index contributed by atoms with van der Waals surface area (Å²) in [6.07, 6.45) is 2.78. The highest BCUT2D eigenvalue weighted by Gasteiger charge is 2.10. The number of phenols is 2. The van der Waals surface area contributed by atoms with Crippen molar-refractivity contribution in [3.63, 3.8) is 0 Å². The fourth-order valence-corrected chi connectivity index (χ4v) is 2.60. The van der Waals surface area contributed by atoms with E-state index in [9.17, 15) is 15.0 Å². The Balaban J connectivity index is 1.67. The van der Waals surface area contributed by atoms with Crippen molar-refractivity contribution in [2.24, 2.45) is 0 Å². The number of methoxy groups -OCH3 is 1. The maximum absolute atomic E-state index is 12.3. The van der Waals surface area contributed by atoms with Crippen molar-refractivity contribution >= 4 is 11.9 Å². The van der Waals surface area contributed by atoms with E-state index in [0.29, 0.717) is 23.7 Å². The van der Waals surface area contributed by atoms with Gasteiger partial charge >= 0.3 is 0 Å². The first-order valence-corrected chi connectivity index (χ1v) is 8.66. The molecule has 0 saturated heterocycles. The topological polar surface area (TPSA) is 76.0 Å². The van der Waals surface area contributed by atoms with Gasteiger partial charge in [0.1, 0.15) is 29.6 Å². The molecule has 0 aliphatic rings. The van der Waals surface area contributed by atoms with Crippen LogP contribution in [-0.4, -0.2) is 23.1 Å². The summed E-state index contributed by atoms with van der Waals surface area (Å²) in [5.41, 5.74) is 1.64. The molecule has 0 heterocycles. The molecular weight excluding hydrogens is 356 g/mol. The van der Waals surface area contributed by atoms with Gasteiger partial charge in [0.15, 0.2) is 5.78 Å². The average molecular weight is 376 g/mol. The third-order valence-corrected chi connectivity index (χ3v) is 4.13. The number of carbonyl (C=O) groups is 1. The van der Waals surface area contributed by atoms with Crippen molar-refractivity contribution in [3.05, 3.63) is 89.5 Å². The van der Waals surface area contributed by atoms with Gasteiger partial charge in [-0.1, -0.05) is 30.3 Å². The molecule has 0 bridgehead atoms. The number of rotatable bonds is 7. The summed E-state index contributed by atoms with van der Waals surface area (Å²) >= 11 is 0. The Hall–Kier alpha value is -3.73. The highest BCUT2D eigenvalue weighted by molar-refractivity contribution is 6.08. The standard InChI is InChI=1S/C23H20O5/c1-27-18-10-11-20(23(26)13-18)21(24)12-8-17-7-9-19(14-22(17)25)28-15-16-5-3-2-4-6-16/h2-14,25-26H,15H2,1H3. The summed E-state index contributed by atoms with van der Waals surface area (Å²) in [5, 5.41) is 20.1. The SMILES string of the molecule is COc1ccc(C(=O)C=Cc2ccc(OCc3ccccc3)cc2O)c(O)c1. The number of ether oxygens (including phenoxy) is 2. The van der Waals surface area contributed by atoms with Crippen LogP contribution in [0.5, 0.6) is 23.0 Å². The predicted octanol–water partition coefficient (Wildman–Crippen LogP) is 4.58. The second-order valence-electron chi connectivity index (χ2n) is 6.08. The minimum absolute atomic E-state index is 0.00596. The van der Waals surface area contributed by atoms with E-state index in [4.69, 9.17) is 9.47 Å². The normalized spacial score (nSPS) is 10.8. The third kappa shape index (κ3) is 4.71. The van der Waals surface area contributed by atoms with Crippen LogP contribution in [0.1, 0.15) is 21.5 Å². The maximum atomic E-state index is 12.3. The molecule has 5 heteroatoms. The molecule has 0 saturated carbocycles. The minimum Gasteiger partial charge on any atom is -0.507 e. The first-order chi connectivity index (χ1) is 13.6. The zero-order valence-electron chi connectivity index (χ0n) is 15.3. The Kier molecular flexibility index (Phi) is 5.97. The van der Waals surface area contributed by atoms with Crippen LogP contribution in [-0.2, 0) is 6.61 Å². The lowest BCUT2D eigenvalue weighted by atomic mass is 10.1. The number of phenolic OH excluding ortho intramolecular Hbond substituents is 2. The molecule has 5 nitrogen and oxygen atoms in total. The summed E-state index contributed by atoms with van der Waals surface area (Å²) < 4.78 is 10.7. The Morgan fingerprint density at radius 1 is 0.929 bits per heavy atom. The highest BCUT2D eigenvalue weighted by Crippen LogP contribution is 2.27. The molecule has 0 fully saturated rings. The number of allylic oxidation sites excluding steroid dienone is 1. The summed E-state index contributed by atoms with van der Waals surface area (Å²) in [6, 6.07) is 19.0. The van der Waals surface area contributed by atoms with E-state index in [2.05, 4.69) is 0 Å². The molecule has 0 amide bonds. The van der Waals surface area contributed by atoms with E-state index in [-0.39, 0.29) is 22.8 Å². The van der Waals surface area contributed by atoms with Gasteiger partial charge in [0.05, 0.1) is 12.7 Å². The van der Waals surface area contributed by atoms with Crippen molar-refractivity contribution in [3.8, 4) is 23.0 Å². The van der Waals surface area contributed by atoms with Crippen LogP contribution in [0.2, 0.25) is 0 Å². The number of ketones is 1. The quantitative estimate of drug-likeness (QED) is 0.466. The lowest BCUT2D eigenvalue weighted by Crippen LogP contribution is -1.96. The molecule has 0 spiro atoms. The van der Waals surface area contributed by atoms with Crippen molar-refractivity contribution in [2.75, 3.05) is 7.11 Å². The Morgan fingerprint density at radius 2 is 1.64 bits per heavy atom. The molecule has 0 aliphatic heterocycles. The molecule has 3 rings (SSSR count). The fraction of sp³-hybridized carbons (Fsp3) is 0.0870. The lowest BCUT2D eigenvalue weighted by molar-refractivity contribution is 0.104. The number of benzene rings is 3. The van der Waals surface area contributed by atoms with Gasteiger partial charge in [-0.3, -0.25) is 4.79 Å². The van der Waals surface area contributed by atoms with E-state index in [1.807, 2.05) is 30.3 Å². The van der Waals surface area contributed by atoms with Crippen LogP contribution >= 0.6 is 0 Å². The number of hydrogen-bond acceptors (Lipinski definition) is 5. The molecule has 0 aromatic heterocycles. The van der Waals surface area contributed by atoms with E-state index >= 15 is 0 Å². The van der Waals surface area contributed by atoms with Crippen LogP contribution in [0, 0.1) is 0 Å². The lowest BCUT2D eigenvalue weighted by Gasteiger charge is -2.08. The van der Waals surface area contributed by atoms with Crippen molar-refractivity contribution in [2.45, 2.75) is 6.61 Å². The monoisotopic (exact) mass is 376 g/mol. The van der Waals surface area contributed by atoms with Crippen molar-refractivity contribution in [1.82, 2.24) is 0 Å². The number of carbonyl (C=O) groups excluding carboxylic acids is 1. The second-order valence-corrected chi connectivity index (χ2v) is 6.08. The fourth-order valence-electron chi connectivity index (χ4n) is 2.60. The Labute approximate surface area is 163 Å². The maximum Gasteiger partial charge on any atom is 0.189 e. The number of aromatic hydroxyl groups is 2. The zero-order chi connectivity index (χ0) is 19.9. The van der Waals surface area contributed by atoms with E-state index < -0.39 is 0 Å². The molecule has 0 aliphatic carbocycles. The molecule has 28 heavy (non-hydrogen) atoms. The average Bonchev–Trinajstić information content (AvgIpc) is 2.72. The first kappa shape index (κ1) is 19.0. The first-order valence-electron chi connectivity index (χ1n) is 8.66. The van der Waals surface area contributed by atoms with E-state index in [1.165, 1.54) is 37.5 Å². The molecule has 142 valence electrons. The minimum atomic E-state index is -0.385. The molecule has 0 radical (unpaired) electrons. The second kappa shape index (κ2) is 8.77. The summed E-state index contributed by atoms with van der Waals surface area (Å²) in [4.78, 5) is 12.3. The molecule has 2 N–H and O–H groups in total. The van der Waals surface area contributed by atoms with Crippen LogP contribution in [0.4, 0.5) is 0 Å². The molecule has 3 aromatic carbocycles. The van der Waals surface area contributed by atoms with Gasteiger partial charge in [-0.2, -0.15) is 0 Å². The smallest absolute Gasteiger partial charge is 0.189 e.